The van der Waals surface area contributed by atoms with Crippen LogP contribution in [0.2, 0.25) is 0 Å². The van der Waals surface area contributed by atoms with Gasteiger partial charge < -0.3 is 11.1 Å². The molecule has 25 heavy (non-hydrogen) atoms. The van der Waals surface area contributed by atoms with Gasteiger partial charge in [0.1, 0.15) is 5.00 Å². The van der Waals surface area contributed by atoms with Crippen molar-refractivity contribution in [1.82, 2.24) is 0 Å². The van der Waals surface area contributed by atoms with Crippen LogP contribution in [0.3, 0.4) is 0 Å². The molecular weight excluding hydrogens is 332 g/mol. The van der Waals surface area contributed by atoms with Gasteiger partial charge >= 0.3 is 0 Å². The number of carbonyl (C=O) groups excluding carboxylic acids is 2. The van der Waals surface area contributed by atoms with Crippen molar-refractivity contribution in [1.29, 1.82) is 0 Å². The third kappa shape index (κ3) is 3.46. The van der Waals surface area contributed by atoms with Crippen LogP contribution in [0.5, 0.6) is 0 Å². The van der Waals surface area contributed by atoms with Crippen molar-refractivity contribution >= 4 is 28.2 Å². The molecule has 0 saturated carbocycles. The van der Waals surface area contributed by atoms with E-state index in [2.05, 4.69) is 5.32 Å². The second kappa shape index (κ2) is 6.91. The van der Waals surface area contributed by atoms with E-state index in [1.807, 2.05) is 56.3 Å². The van der Waals surface area contributed by atoms with E-state index in [0.29, 0.717) is 16.1 Å². The number of carbonyl (C=O) groups is 2. The number of amides is 2. The summed E-state index contributed by atoms with van der Waals surface area (Å²) < 4.78 is 0. The summed E-state index contributed by atoms with van der Waals surface area (Å²) in [6.45, 7) is 3.88. The highest BCUT2D eigenvalue weighted by atomic mass is 32.1. The first-order valence-corrected chi connectivity index (χ1v) is 8.65. The lowest BCUT2D eigenvalue weighted by Crippen LogP contribution is -2.17. The standard InChI is InChI=1S/C20H18N2O2S/c1-12-8-10-15(11-9-12)19(24)22-20-17(18(21)23)16(13(2)25-20)14-6-4-3-5-7-14/h3-11H,1-2H3,(H2,21,23)(H,22,24). The van der Waals surface area contributed by atoms with Crippen LogP contribution < -0.4 is 11.1 Å². The number of hydrogen-bond donors (Lipinski definition) is 2. The van der Waals surface area contributed by atoms with Crippen molar-refractivity contribution in [3.8, 4) is 11.1 Å². The number of nitrogens with one attached hydrogen (secondary N) is 1. The van der Waals surface area contributed by atoms with Crippen molar-refractivity contribution in [3.63, 3.8) is 0 Å². The molecule has 0 fully saturated rings. The molecule has 0 unspecified atom stereocenters. The molecule has 0 atom stereocenters. The fourth-order valence-corrected chi connectivity index (χ4v) is 3.78. The van der Waals surface area contributed by atoms with Crippen LogP contribution in [0.4, 0.5) is 5.00 Å². The molecule has 0 saturated heterocycles. The molecule has 126 valence electrons. The second-order valence-electron chi connectivity index (χ2n) is 5.79. The topological polar surface area (TPSA) is 72.2 Å². The highest BCUT2D eigenvalue weighted by Crippen LogP contribution is 2.39. The summed E-state index contributed by atoms with van der Waals surface area (Å²) >= 11 is 1.36. The van der Waals surface area contributed by atoms with Gasteiger partial charge in [0.25, 0.3) is 11.8 Å². The van der Waals surface area contributed by atoms with Crippen LogP contribution in [0, 0.1) is 13.8 Å². The maximum absolute atomic E-state index is 12.5. The zero-order valence-electron chi connectivity index (χ0n) is 14.0. The average Bonchev–Trinajstić information content (AvgIpc) is 2.92. The number of anilines is 1. The SMILES string of the molecule is Cc1ccc(C(=O)Nc2sc(C)c(-c3ccccc3)c2C(N)=O)cc1. The molecule has 2 aromatic carbocycles. The third-order valence-corrected chi connectivity index (χ3v) is 4.95. The van der Waals surface area contributed by atoms with E-state index in [1.54, 1.807) is 12.1 Å². The number of benzene rings is 2. The predicted octanol–water partition coefficient (Wildman–Crippen LogP) is 4.38. The van der Waals surface area contributed by atoms with Crippen LogP contribution in [0.25, 0.3) is 11.1 Å². The summed E-state index contributed by atoms with van der Waals surface area (Å²) in [5.41, 5.74) is 9.26. The summed E-state index contributed by atoms with van der Waals surface area (Å²) in [4.78, 5) is 25.5. The monoisotopic (exact) mass is 350 g/mol. The Morgan fingerprint density at radius 3 is 2.20 bits per heavy atom. The zero-order chi connectivity index (χ0) is 18.0. The Kier molecular flexibility index (Phi) is 4.67. The highest BCUT2D eigenvalue weighted by molar-refractivity contribution is 7.17. The van der Waals surface area contributed by atoms with E-state index in [-0.39, 0.29) is 5.91 Å². The number of rotatable bonds is 4. The average molecular weight is 350 g/mol. The molecule has 3 rings (SSSR count). The van der Waals surface area contributed by atoms with E-state index < -0.39 is 5.91 Å². The number of aryl methyl sites for hydroxylation is 2. The molecule has 0 aliphatic heterocycles. The van der Waals surface area contributed by atoms with E-state index in [1.165, 1.54) is 11.3 Å². The predicted molar refractivity (Wildman–Crippen MR) is 102 cm³/mol. The Labute approximate surface area is 150 Å². The molecule has 4 nitrogen and oxygen atoms in total. The Hall–Kier alpha value is -2.92. The number of primary amides is 1. The quantitative estimate of drug-likeness (QED) is 0.733. The molecule has 0 aliphatic carbocycles. The number of nitrogens with two attached hydrogens (primary N) is 1. The van der Waals surface area contributed by atoms with Crippen LogP contribution in [0.15, 0.2) is 54.6 Å². The second-order valence-corrected chi connectivity index (χ2v) is 7.01. The lowest BCUT2D eigenvalue weighted by Gasteiger charge is -2.07. The van der Waals surface area contributed by atoms with E-state index >= 15 is 0 Å². The smallest absolute Gasteiger partial charge is 0.256 e. The fourth-order valence-electron chi connectivity index (χ4n) is 2.70. The Morgan fingerprint density at radius 1 is 0.960 bits per heavy atom. The Morgan fingerprint density at radius 2 is 1.60 bits per heavy atom. The first-order chi connectivity index (χ1) is 12.0. The van der Waals surface area contributed by atoms with E-state index in [4.69, 9.17) is 5.73 Å². The Bertz CT molecular complexity index is 928. The normalized spacial score (nSPS) is 10.5. The largest absolute Gasteiger partial charge is 0.365 e. The van der Waals surface area contributed by atoms with Gasteiger partial charge in [-0.25, -0.2) is 0 Å². The van der Waals surface area contributed by atoms with Crippen LogP contribution in [-0.4, -0.2) is 11.8 Å². The molecule has 1 heterocycles. The van der Waals surface area contributed by atoms with E-state index in [0.717, 1.165) is 21.6 Å². The summed E-state index contributed by atoms with van der Waals surface area (Å²) in [6, 6.07) is 16.8. The van der Waals surface area contributed by atoms with Crippen molar-refractivity contribution in [2.45, 2.75) is 13.8 Å². The van der Waals surface area contributed by atoms with Crippen molar-refractivity contribution in [2.24, 2.45) is 5.73 Å². The highest BCUT2D eigenvalue weighted by Gasteiger charge is 2.22. The third-order valence-electron chi connectivity index (χ3n) is 3.93. The summed E-state index contributed by atoms with van der Waals surface area (Å²) in [7, 11) is 0. The van der Waals surface area contributed by atoms with Crippen molar-refractivity contribution in [2.75, 3.05) is 5.32 Å². The molecule has 0 radical (unpaired) electrons. The van der Waals surface area contributed by atoms with Gasteiger partial charge in [-0.1, -0.05) is 48.0 Å². The molecule has 0 spiro atoms. The van der Waals surface area contributed by atoms with Gasteiger partial charge in [-0.15, -0.1) is 11.3 Å². The molecule has 0 bridgehead atoms. The van der Waals surface area contributed by atoms with Crippen LogP contribution in [-0.2, 0) is 0 Å². The minimum atomic E-state index is -0.553. The van der Waals surface area contributed by atoms with Gasteiger partial charge in [0, 0.05) is 16.0 Å². The fraction of sp³-hybridized carbons (Fsp3) is 0.100. The van der Waals surface area contributed by atoms with E-state index in [9.17, 15) is 9.59 Å². The van der Waals surface area contributed by atoms with Gasteiger partial charge in [-0.2, -0.15) is 0 Å². The van der Waals surface area contributed by atoms with Gasteiger partial charge in [-0.3, -0.25) is 9.59 Å². The Balaban J connectivity index is 2.01. The maximum Gasteiger partial charge on any atom is 0.256 e. The molecular formula is C20H18N2O2S. The number of thiophene rings is 1. The molecule has 1 aromatic heterocycles. The minimum Gasteiger partial charge on any atom is -0.365 e. The molecule has 3 aromatic rings. The molecule has 2 amide bonds. The van der Waals surface area contributed by atoms with Gasteiger partial charge in [0.05, 0.1) is 5.56 Å². The van der Waals surface area contributed by atoms with Gasteiger partial charge in [-0.05, 0) is 31.5 Å². The lowest BCUT2D eigenvalue weighted by atomic mass is 10.0. The first kappa shape index (κ1) is 16.9. The molecule has 0 aliphatic rings. The first-order valence-electron chi connectivity index (χ1n) is 7.84. The molecule has 3 N–H and O–H groups in total. The van der Waals surface area contributed by atoms with Gasteiger partial charge in [0.2, 0.25) is 0 Å². The van der Waals surface area contributed by atoms with Crippen molar-refractivity contribution < 1.29 is 9.59 Å². The summed E-state index contributed by atoms with van der Waals surface area (Å²) in [6.07, 6.45) is 0. The van der Waals surface area contributed by atoms with Crippen LogP contribution >= 0.6 is 11.3 Å². The lowest BCUT2D eigenvalue weighted by molar-refractivity contribution is 0.100. The molecule has 5 heteroatoms. The summed E-state index contributed by atoms with van der Waals surface area (Å²) in [5.74, 6) is -0.814. The zero-order valence-corrected chi connectivity index (χ0v) is 14.8. The van der Waals surface area contributed by atoms with Crippen molar-refractivity contribution in [3.05, 3.63) is 76.2 Å². The van der Waals surface area contributed by atoms with Crippen LogP contribution in [0.1, 0.15) is 31.2 Å². The minimum absolute atomic E-state index is 0.261. The summed E-state index contributed by atoms with van der Waals surface area (Å²) in [5, 5.41) is 3.32. The number of hydrogen-bond acceptors (Lipinski definition) is 3. The van der Waals surface area contributed by atoms with Gasteiger partial charge in [0.15, 0.2) is 0 Å². The maximum atomic E-state index is 12.5.